The highest BCUT2D eigenvalue weighted by Crippen LogP contribution is 2.19. The van der Waals surface area contributed by atoms with Gasteiger partial charge < -0.3 is 14.5 Å². The van der Waals surface area contributed by atoms with Crippen LogP contribution in [0, 0.1) is 5.82 Å². The molecule has 1 aromatic carbocycles. The van der Waals surface area contributed by atoms with E-state index < -0.39 is 32.9 Å². The highest BCUT2D eigenvalue weighted by molar-refractivity contribution is 7.92. The molecule has 1 unspecified atom stereocenters. The topological polar surface area (TPSA) is 84.0 Å². The van der Waals surface area contributed by atoms with Crippen molar-refractivity contribution in [3.05, 3.63) is 30.1 Å². The van der Waals surface area contributed by atoms with Crippen LogP contribution in [0.15, 0.2) is 29.2 Å². The van der Waals surface area contributed by atoms with Crippen LogP contribution >= 0.6 is 0 Å². The van der Waals surface area contributed by atoms with E-state index in [9.17, 15) is 22.4 Å². The third kappa shape index (κ3) is 4.28. The molecule has 0 bridgehead atoms. The first kappa shape index (κ1) is 19.2. The predicted octanol–water partition coefficient (Wildman–Crippen LogP) is 1.29. The first-order chi connectivity index (χ1) is 11.8. The molecule has 0 saturated carbocycles. The van der Waals surface area contributed by atoms with Gasteiger partial charge in [0.05, 0.1) is 11.5 Å². The summed E-state index contributed by atoms with van der Waals surface area (Å²) in [6.07, 6.45) is -0.443. The van der Waals surface area contributed by atoms with Crippen molar-refractivity contribution >= 4 is 21.8 Å². The summed E-state index contributed by atoms with van der Waals surface area (Å²) in [5.41, 5.74) is 0. The number of benzene rings is 1. The van der Waals surface area contributed by atoms with Crippen LogP contribution in [0.25, 0.3) is 0 Å². The summed E-state index contributed by atoms with van der Waals surface area (Å²) in [7, 11) is -3.91. The van der Waals surface area contributed by atoms with Gasteiger partial charge in [0, 0.05) is 26.2 Å². The number of nitrogens with zero attached hydrogens (tertiary/aromatic N) is 2. The number of carbonyl (C=O) groups excluding carboxylic acids is 2. The lowest BCUT2D eigenvalue weighted by Crippen LogP contribution is -2.53. The number of carbonyl (C=O) groups is 2. The van der Waals surface area contributed by atoms with Gasteiger partial charge in [-0.15, -0.1) is 0 Å². The summed E-state index contributed by atoms with van der Waals surface area (Å²) < 4.78 is 42.9. The number of hydrogen-bond acceptors (Lipinski definition) is 5. The molecular formula is C16H21FN2O5S. The van der Waals surface area contributed by atoms with E-state index in [1.165, 1.54) is 16.7 Å². The Hall–Kier alpha value is -2.16. The third-order valence-corrected chi connectivity index (χ3v) is 6.13. The average Bonchev–Trinajstić information content (AvgIpc) is 2.61. The molecule has 1 saturated heterocycles. The summed E-state index contributed by atoms with van der Waals surface area (Å²) in [4.78, 5) is 27.0. The zero-order valence-corrected chi connectivity index (χ0v) is 15.0. The minimum atomic E-state index is -3.91. The van der Waals surface area contributed by atoms with Crippen LogP contribution in [0.3, 0.4) is 0 Å². The first-order valence-corrected chi connectivity index (χ1v) is 9.52. The summed E-state index contributed by atoms with van der Waals surface area (Å²) in [5, 5.41) is -1.29. The second kappa shape index (κ2) is 7.81. The van der Waals surface area contributed by atoms with Crippen LogP contribution in [-0.4, -0.2) is 68.3 Å². The number of piperazine rings is 1. The van der Waals surface area contributed by atoms with Crippen molar-refractivity contribution in [2.24, 2.45) is 0 Å². The summed E-state index contributed by atoms with van der Waals surface area (Å²) in [6, 6.07) is 4.38. The Balaban J connectivity index is 2.03. The Bertz CT molecular complexity index is 727. The van der Waals surface area contributed by atoms with Crippen molar-refractivity contribution in [3.8, 4) is 0 Å². The Labute approximate surface area is 146 Å². The van der Waals surface area contributed by atoms with Gasteiger partial charge in [-0.05, 0) is 38.1 Å². The summed E-state index contributed by atoms with van der Waals surface area (Å²) >= 11 is 0. The fourth-order valence-corrected chi connectivity index (χ4v) is 3.88. The van der Waals surface area contributed by atoms with Gasteiger partial charge in [0.15, 0.2) is 9.84 Å². The van der Waals surface area contributed by atoms with Crippen LogP contribution in [0.1, 0.15) is 13.8 Å². The molecule has 138 valence electrons. The molecular weight excluding hydrogens is 351 g/mol. The van der Waals surface area contributed by atoms with E-state index in [-0.39, 0.29) is 37.7 Å². The van der Waals surface area contributed by atoms with Crippen LogP contribution in [0.2, 0.25) is 0 Å². The Morgan fingerprint density at radius 3 is 2.16 bits per heavy atom. The number of hydrogen-bond donors (Lipinski definition) is 0. The van der Waals surface area contributed by atoms with Gasteiger partial charge in [-0.1, -0.05) is 0 Å². The van der Waals surface area contributed by atoms with Crippen LogP contribution < -0.4 is 0 Å². The standard InChI is InChI=1S/C16H21FN2O5S/c1-3-24-16(21)19-10-8-18(9-11-19)15(20)12(2)25(22,23)14-6-4-13(17)5-7-14/h4-7,12H,3,8-11H2,1-2H3. The SMILES string of the molecule is CCOC(=O)N1CCN(C(=O)C(C)S(=O)(=O)c2ccc(F)cc2)CC1. The van der Waals surface area contributed by atoms with Gasteiger partial charge >= 0.3 is 6.09 Å². The quantitative estimate of drug-likeness (QED) is 0.744. The fraction of sp³-hybridized carbons (Fsp3) is 0.500. The van der Waals surface area contributed by atoms with Crippen molar-refractivity contribution < 1.29 is 27.1 Å². The maximum absolute atomic E-state index is 13.0. The van der Waals surface area contributed by atoms with Crippen molar-refractivity contribution in [3.63, 3.8) is 0 Å². The van der Waals surface area contributed by atoms with E-state index in [0.717, 1.165) is 24.3 Å². The van der Waals surface area contributed by atoms with Crippen molar-refractivity contribution in [1.29, 1.82) is 0 Å². The Kier molecular flexibility index (Phi) is 5.99. The molecule has 1 atom stereocenters. The molecule has 0 N–H and O–H groups in total. The molecule has 2 rings (SSSR count). The van der Waals surface area contributed by atoms with Gasteiger partial charge in [-0.2, -0.15) is 0 Å². The molecule has 1 aliphatic rings. The summed E-state index contributed by atoms with van der Waals surface area (Å²) in [6.45, 7) is 4.34. The zero-order chi connectivity index (χ0) is 18.6. The van der Waals surface area contributed by atoms with Gasteiger partial charge in [0.2, 0.25) is 5.91 Å². The van der Waals surface area contributed by atoms with Gasteiger partial charge in [-0.25, -0.2) is 17.6 Å². The molecule has 9 heteroatoms. The molecule has 1 aliphatic heterocycles. The number of sulfone groups is 1. The lowest BCUT2D eigenvalue weighted by atomic mass is 10.3. The molecule has 0 aromatic heterocycles. The Morgan fingerprint density at radius 2 is 1.64 bits per heavy atom. The summed E-state index contributed by atoms with van der Waals surface area (Å²) in [5.74, 6) is -1.08. The second-order valence-electron chi connectivity index (χ2n) is 5.65. The second-order valence-corrected chi connectivity index (χ2v) is 7.92. The maximum Gasteiger partial charge on any atom is 0.409 e. The van der Waals surface area contributed by atoms with Crippen molar-refractivity contribution in [2.75, 3.05) is 32.8 Å². The minimum absolute atomic E-state index is 0.0973. The predicted molar refractivity (Wildman–Crippen MR) is 88.2 cm³/mol. The van der Waals surface area contributed by atoms with Crippen molar-refractivity contribution in [1.82, 2.24) is 9.80 Å². The lowest BCUT2D eigenvalue weighted by molar-refractivity contribution is -0.132. The zero-order valence-electron chi connectivity index (χ0n) is 14.1. The third-order valence-electron chi connectivity index (χ3n) is 4.07. The molecule has 1 heterocycles. The van der Waals surface area contributed by atoms with Crippen LogP contribution in [-0.2, 0) is 19.4 Å². The van der Waals surface area contributed by atoms with Crippen molar-refractivity contribution in [2.45, 2.75) is 24.0 Å². The van der Waals surface area contributed by atoms with E-state index in [1.807, 2.05) is 0 Å². The molecule has 1 fully saturated rings. The lowest BCUT2D eigenvalue weighted by Gasteiger charge is -2.35. The molecule has 7 nitrogen and oxygen atoms in total. The van der Waals surface area contributed by atoms with Crippen LogP contribution in [0.4, 0.5) is 9.18 Å². The van der Waals surface area contributed by atoms with E-state index >= 15 is 0 Å². The smallest absolute Gasteiger partial charge is 0.409 e. The number of amides is 2. The van der Waals surface area contributed by atoms with Gasteiger partial charge in [-0.3, -0.25) is 4.79 Å². The Morgan fingerprint density at radius 1 is 1.12 bits per heavy atom. The molecule has 0 radical (unpaired) electrons. The molecule has 2 amide bonds. The number of rotatable bonds is 4. The maximum atomic E-state index is 13.0. The van der Waals surface area contributed by atoms with E-state index in [0.29, 0.717) is 0 Å². The van der Waals surface area contributed by atoms with Crippen LogP contribution in [0.5, 0.6) is 0 Å². The number of halogens is 1. The van der Waals surface area contributed by atoms with E-state index in [4.69, 9.17) is 4.74 Å². The van der Waals surface area contributed by atoms with Gasteiger partial charge in [0.1, 0.15) is 11.1 Å². The monoisotopic (exact) mass is 372 g/mol. The molecule has 1 aromatic rings. The highest BCUT2D eigenvalue weighted by Gasteiger charge is 2.35. The number of ether oxygens (including phenoxy) is 1. The normalized spacial score (nSPS) is 16.4. The fourth-order valence-electron chi connectivity index (χ4n) is 2.54. The molecule has 0 spiro atoms. The molecule has 0 aliphatic carbocycles. The van der Waals surface area contributed by atoms with E-state index in [2.05, 4.69) is 0 Å². The molecule has 25 heavy (non-hydrogen) atoms. The average molecular weight is 372 g/mol. The first-order valence-electron chi connectivity index (χ1n) is 7.97. The minimum Gasteiger partial charge on any atom is -0.450 e. The largest absolute Gasteiger partial charge is 0.450 e. The van der Waals surface area contributed by atoms with E-state index in [1.54, 1.807) is 6.92 Å². The highest BCUT2D eigenvalue weighted by atomic mass is 32.2. The van der Waals surface area contributed by atoms with Gasteiger partial charge in [0.25, 0.3) is 0 Å².